The Morgan fingerprint density at radius 3 is 1.72 bits per heavy atom. The van der Waals surface area contributed by atoms with E-state index in [0.717, 1.165) is 50.5 Å². The van der Waals surface area contributed by atoms with Gasteiger partial charge in [-0.1, -0.05) is 162 Å². The van der Waals surface area contributed by atoms with E-state index in [0.29, 0.717) is 11.8 Å². The minimum atomic E-state index is -0.595. The maximum atomic E-state index is 7.14. The van der Waals surface area contributed by atoms with Crippen LogP contribution in [0.15, 0.2) is 168 Å². The van der Waals surface area contributed by atoms with E-state index in [1.54, 1.807) is 0 Å². The van der Waals surface area contributed by atoms with Crippen molar-refractivity contribution in [3.8, 4) is 33.8 Å². The van der Waals surface area contributed by atoms with Crippen molar-refractivity contribution >= 4 is 39.0 Å². The first-order valence-corrected chi connectivity index (χ1v) is 25.1. The van der Waals surface area contributed by atoms with Crippen molar-refractivity contribution in [3.05, 3.63) is 208 Å². The summed E-state index contributed by atoms with van der Waals surface area (Å²) < 4.78 is 13.8. The molecule has 0 amide bonds. The molecule has 5 aliphatic rings. The van der Waals surface area contributed by atoms with Gasteiger partial charge >= 0.3 is 0 Å². The lowest BCUT2D eigenvalue weighted by atomic mass is 9.65. The minimum Gasteiger partial charge on any atom is -0.457 e. The van der Waals surface area contributed by atoms with E-state index in [2.05, 4.69) is 183 Å². The van der Waals surface area contributed by atoms with Crippen LogP contribution in [-0.4, -0.2) is 0 Å². The molecule has 8 aromatic carbocycles. The Balaban J connectivity index is 1.05. The molecule has 0 saturated heterocycles. The number of benzene rings is 8. The van der Waals surface area contributed by atoms with Crippen molar-refractivity contribution in [1.82, 2.24) is 0 Å². The highest BCUT2D eigenvalue weighted by Gasteiger charge is 2.52. The quantitative estimate of drug-likeness (QED) is 0.172. The van der Waals surface area contributed by atoms with Crippen molar-refractivity contribution in [2.75, 3.05) is 4.90 Å². The Morgan fingerprint density at radius 1 is 0.433 bits per heavy atom. The van der Waals surface area contributed by atoms with Crippen LogP contribution in [0.25, 0.3) is 44.2 Å². The monoisotopic (exact) mass is 869 g/mol. The van der Waals surface area contributed by atoms with Crippen LogP contribution in [0.5, 0.6) is 11.5 Å². The summed E-state index contributed by atoms with van der Waals surface area (Å²) in [5, 5.41) is 2.23. The predicted molar refractivity (Wildman–Crippen MR) is 275 cm³/mol. The van der Waals surface area contributed by atoms with Crippen LogP contribution >= 0.6 is 0 Å². The van der Waals surface area contributed by atoms with Gasteiger partial charge < -0.3 is 14.1 Å². The molecule has 14 rings (SSSR count). The topological polar surface area (TPSA) is 25.6 Å². The first-order valence-electron chi connectivity index (χ1n) is 25.1. The van der Waals surface area contributed by atoms with E-state index in [-0.39, 0.29) is 5.41 Å². The van der Waals surface area contributed by atoms with Gasteiger partial charge in [-0.3, -0.25) is 0 Å². The van der Waals surface area contributed by atoms with Gasteiger partial charge in [-0.25, -0.2) is 0 Å². The second-order valence-corrected chi connectivity index (χ2v) is 20.8. The van der Waals surface area contributed by atoms with Crippen molar-refractivity contribution in [3.63, 3.8) is 0 Å². The van der Waals surface area contributed by atoms with Crippen LogP contribution in [0.2, 0.25) is 0 Å². The summed E-state index contributed by atoms with van der Waals surface area (Å²) >= 11 is 0. The van der Waals surface area contributed by atoms with Crippen LogP contribution in [0, 0.1) is 0 Å². The van der Waals surface area contributed by atoms with E-state index in [9.17, 15) is 0 Å². The van der Waals surface area contributed by atoms with Crippen LogP contribution in [0.1, 0.15) is 134 Å². The zero-order valence-corrected chi connectivity index (χ0v) is 38.6. The van der Waals surface area contributed by atoms with Gasteiger partial charge in [0.2, 0.25) is 0 Å². The van der Waals surface area contributed by atoms with Gasteiger partial charge in [0, 0.05) is 33.3 Å². The number of rotatable bonds is 5. The largest absolute Gasteiger partial charge is 0.457 e. The molecule has 9 aromatic rings. The normalized spacial score (nSPS) is 17.6. The van der Waals surface area contributed by atoms with Crippen molar-refractivity contribution in [2.24, 2.45) is 0 Å². The average molecular weight is 870 g/mol. The molecule has 1 aliphatic heterocycles. The predicted octanol–water partition coefficient (Wildman–Crippen LogP) is 17.9. The molecule has 4 aliphatic carbocycles. The van der Waals surface area contributed by atoms with Gasteiger partial charge in [-0.15, -0.1) is 0 Å². The number of para-hydroxylation sites is 2. The molecule has 67 heavy (non-hydrogen) atoms. The Labute approximate surface area is 394 Å². The fraction of sp³-hybridized carbons (Fsp3) is 0.250. The average Bonchev–Trinajstić information content (AvgIpc) is 3.98. The lowest BCUT2D eigenvalue weighted by molar-refractivity contribution is 0.433. The summed E-state index contributed by atoms with van der Waals surface area (Å²) in [5.41, 5.74) is 20.6. The second kappa shape index (κ2) is 14.8. The highest BCUT2D eigenvalue weighted by molar-refractivity contribution is 6.13. The molecule has 0 radical (unpaired) electrons. The van der Waals surface area contributed by atoms with Crippen LogP contribution in [0.4, 0.5) is 17.1 Å². The summed E-state index contributed by atoms with van der Waals surface area (Å²) in [7, 11) is 0. The van der Waals surface area contributed by atoms with E-state index in [4.69, 9.17) is 9.15 Å². The SMILES string of the molecule is CC1(C)c2ccccc2-c2ccc(N(c3ccc4c(c3)C3(c5ccccc5O4)c4cc(C5CCCCC5)ccc4-c4ccc(C5CCCCC5)cc43)c3cccc4oc5ccccc5c34)cc21. The fourth-order valence-electron chi connectivity index (χ4n) is 13.7. The summed E-state index contributed by atoms with van der Waals surface area (Å²) in [6, 6.07) is 62.4. The lowest BCUT2D eigenvalue weighted by Crippen LogP contribution is -2.33. The smallest absolute Gasteiger partial charge is 0.137 e. The highest BCUT2D eigenvalue weighted by atomic mass is 16.5. The van der Waals surface area contributed by atoms with Crippen molar-refractivity contribution in [1.29, 1.82) is 0 Å². The number of furan rings is 1. The van der Waals surface area contributed by atoms with E-state index >= 15 is 0 Å². The van der Waals surface area contributed by atoms with Gasteiger partial charge in [-0.05, 0) is 148 Å². The van der Waals surface area contributed by atoms with Gasteiger partial charge in [0.15, 0.2) is 0 Å². The van der Waals surface area contributed by atoms with Gasteiger partial charge in [0.1, 0.15) is 22.7 Å². The third kappa shape index (κ3) is 5.70. The molecule has 2 saturated carbocycles. The van der Waals surface area contributed by atoms with Gasteiger partial charge in [-0.2, -0.15) is 0 Å². The van der Waals surface area contributed by atoms with E-state index < -0.39 is 5.41 Å². The molecule has 2 fully saturated rings. The highest BCUT2D eigenvalue weighted by Crippen LogP contribution is 2.64. The summed E-state index contributed by atoms with van der Waals surface area (Å²) in [6.45, 7) is 4.76. The molecule has 2 heterocycles. The maximum Gasteiger partial charge on any atom is 0.137 e. The molecule has 0 atom stereocenters. The Bertz CT molecular complexity index is 3400. The maximum absolute atomic E-state index is 7.14. The van der Waals surface area contributed by atoms with Gasteiger partial charge in [0.05, 0.1) is 16.5 Å². The molecular formula is C64H55NO2. The fourth-order valence-corrected chi connectivity index (χ4v) is 13.7. The molecule has 0 unspecified atom stereocenters. The molecule has 0 N–H and O–H groups in total. The van der Waals surface area contributed by atoms with Crippen LogP contribution in [-0.2, 0) is 10.8 Å². The van der Waals surface area contributed by atoms with Crippen LogP contribution in [0.3, 0.4) is 0 Å². The first kappa shape index (κ1) is 39.3. The minimum absolute atomic E-state index is 0.164. The number of hydrogen-bond donors (Lipinski definition) is 0. The summed E-state index contributed by atoms with van der Waals surface area (Å²) in [4.78, 5) is 2.51. The van der Waals surface area contributed by atoms with Gasteiger partial charge in [0.25, 0.3) is 0 Å². The Hall–Kier alpha value is -6.84. The Morgan fingerprint density at radius 2 is 0.985 bits per heavy atom. The van der Waals surface area contributed by atoms with Crippen molar-refractivity contribution in [2.45, 2.75) is 101 Å². The third-order valence-corrected chi connectivity index (χ3v) is 16.9. The lowest BCUT2D eigenvalue weighted by Gasteiger charge is -2.41. The molecule has 3 nitrogen and oxygen atoms in total. The Kier molecular flexibility index (Phi) is 8.71. The molecule has 328 valence electrons. The zero-order valence-electron chi connectivity index (χ0n) is 38.6. The molecule has 3 heteroatoms. The summed E-state index contributed by atoms with van der Waals surface area (Å²) in [5.74, 6) is 3.02. The van der Waals surface area contributed by atoms with E-state index in [1.165, 1.54) is 131 Å². The number of fused-ring (bicyclic) bond motifs is 15. The third-order valence-electron chi connectivity index (χ3n) is 16.9. The zero-order chi connectivity index (χ0) is 44.4. The number of ether oxygens (including phenoxy) is 1. The number of nitrogens with zero attached hydrogens (tertiary/aromatic N) is 1. The second-order valence-electron chi connectivity index (χ2n) is 20.8. The molecule has 1 aromatic heterocycles. The molecule has 1 spiro atoms. The van der Waals surface area contributed by atoms with Crippen LogP contribution < -0.4 is 9.64 Å². The number of anilines is 3. The number of hydrogen-bond acceptors (Lipinski definition) is 3. The standard InChI is InChI=1S/C64H55NO2/c1-63(2)51-22-11-9-20-46(51)47-34-30-44(38-53(47)63)65(57-24-15-27-61-62(57)50-21-10-13-25-58(50)66-61)45-31-35-60-56(39-45)64(52-23-12-14-26-59(52)67-60)54-36-42(40-16-5-3-6-17-40)28-32-48(54)49-33-29-43(37-55(49)64)41-18-7-4-8-19-41/h9-15,20-41H,3-8,16-19H2,1-2H3. The van der Waals surface area contributed by atoms with Crippen molar-refractivity contribution < 1.29 is 9.15 Å². The first-order chi connectivity index (χ1) is 33.0. The molecular weight excluding hydrogens is 815 g/mol. The summed E-state index contributed by atoms with van der Waals surface area (Å²) in [6.07, 6.45) is 13.0. The molecule has 0 bridgehead atoms. The van der Waals surface area contributed by atoms with E-state index in [1.807, 2.05) is 0 Å².